The quantitative estimate of drug-likeness (QED) is 0.741. The molecule has 1 aromatic rings. The molecule has 0 bridgehead atoms. The average Bonchev–Trinajstić information content (AvgIpc) is 1.98. The first-order valence-electron chi connectivity index (χ1n) is 3.44. The van der Waals surface area contributed by atoms with Crippen molar-refractivity contribution in [3.63, 3.8) is 0 Å². The van der Waals surface area contributed by atoms with E-state index >= 15 is 0 Å². The van der Waals surface area contributed by atoms with E-state index in [2.05, 4.69) is 27.3 Å². The van der Waals surface area contributed by atoms with Crippen LogP contribution < -0.4 is 11.1 Å². The molecule has 2 nitrogen and oxygen atoms in total. The maximum atomic E-state index is 5.33. The molecule has 1 aromatic carbocycles. The van der Waals surface area contributed by atoms with Crippen molar-refractivity contribution in [1.82, 2.24) is 0 Å². The van der Waals surface area contributed by atoms with Gasteiger partial charge in [-0.15, -0.1) is 0 Å². The Hall–Kier alpha value is -0.540. The van der Waals surface area contributed by atoms with Gasteiger partial charge in [-0.05, 0) is 30.7 Å². The van der Waals surface area contributed by atoms with Gasteiger partial charge < -0.3 is 11.1 Å². The third kappa shape index (κ3) is 2.20. The van der Waals surface area contributed by atoms with Crippen LogP contribution in [0.15, 0.2) is 22.7 Å². The molecule has 1 rings (SSSR count). The average molecular weight is 215 g/mol. The van der Waals surface area contributed by atoms with Crippen molar-refractivity contribution in [2.45, 2.75) is 6.92 Å². The van der Waals surface area contributed by atoms with Gasteiger partial charge in [-0.1, -0.05) is 15.9 Å². The first kappa shape index (κ1) is 8.56. The van der Waals surface area contributed by atoms with Crippen LogP contribution in [0.5, 0.6) is 0 Å². The Bertz CT molecular complexity index is 248. The molecule has 3 N–H and O–H groups in total. The lowest BCUT2D eigenvalue weighted by Gasteiger charge is -2.04. The number of rotatable bonds is 2. The number of halogens is 1. The first-order chi connectivity index (χ1) is 5.24. The number of aryl methyl sites for hydroxylation is 1. The monoisotopic (exact) mass is 214 g/mol. The second kappa shape index (κ2) is 3.74. The molecule has 0 fully saturated rings. The topological polar surface area (TPSA) is 38.0 Å². The van der Waals surface area contributed by atoms with Crippen molar-refractivity contribution >= 4 is 21.6 Å². The Balaban J connectivity index is 2.86. The lowest BCUT2D eigenvalue weighted by molar-refractivity contribution is 1.14. The standard InChI is InChI=1S/C8H11BrN2/c1-6-4-7(11-5-10)2-3-8(6)9/h2-4,11H,5,10H2,1H3. The summed E-state index contributed by atoms with van der Waals surface area (Å²) in [6, 6.07) is 6.05. The van der Waals surface area contributed by atoms with Crippen LogP contribution in [0.2, 0.25) is 0 Å². The number of nitrogens with two attached hydrogens (primary N) is 1. The molecular weight excluding hydrogens is 204 g/mol. The van der Waals surface area contributed by atoms with Crippen molar-refractivity contribution < 1.29 is 0 Å². The smallest absolute Gasteiger partial charge is 0.0628 e. The van der Waals surface area contributed by atoms with Crippen LogP contribution in [0.3, 0.4) is 0 Å². The third-order valence-electron chi connectivity index (χ3n) is 1.46. The summed E-state index contributed by atoms with van der Waals surface area (Å²) in [5.41, 5.74) is 7.60. The van der Waals surface area contributed by atoms with Gasteiger partial charge >= 0.3 is 0 Å². The zero-order chi connectivity index (χ0) is 8.27. The lowest BCUT2D eigenvalue weighted by atomic mass is 10.2. The van der Waals surface area contributed by atoms with Crippen molar-refractivity contribution in [1.29, 1.82) is 0 Å². The fourth-order valence-electron chi connectivity index (χ4n) is 0.873. The van der Waals surface area contributed by atoms with E-state index < -0.39 is 0 Å². The Morgan fingerprint density at radius 3 is 2.82 bits per heavy atom. The van der Waals surface area contributed by atoms with Crippen LogP contribution in [-0.2, 0) is 0 Å². The summed E-state index contributed by atoms with van der Waals surface area (Å²) >= 11 is 3.42. The molecule has 0 aromatic heterocycles. The maximum Gasteiger partial charge on any atom is 0.0628 e. The molecule has 0 radical (unpaired) electrons. The third-order valence-corrected chi connectivity index (χ3v) is 2.35. The van der Waals surface area contributed by atoms with Gasteiger partial charge in [0.1, 0.15) is 0 Å². The Kier molecular flexibility index (Phi) is 2.91. The van der Waals surface area contributed by atoms with Gasteiger partial charge in [-0.3, -0.25) is 0 Å². The molecule has 0 aliphatic heterocycles. The van der Waals surface area contributed by atoms with Crippen LogP contribution in [0.25, 0.3) is 0 Å². The molecule has 0 saturated carbocycles. The summed E-state index contributed by atoms with van der Waals surface area (Å²) in [7, 11) is 0. The Morgan fingerprint density at radius 2 is 2.27 bits per heavy atom. The van der Waals surface area contributed by atoms with Gasteiger partial charge in [0.05, 0.1) is 6.67 Å². The maximum absolute atomic E-state index is 5.33. The minimum Gasteiger partial charge on any atom is -0.373 e. The van der Waals surface area contributed by atoms with Gasteiger partial charge in [-0.2, -0.15) is 0 Å². The van der Waals surface area contributed by atoms with Gasteiger partial charge in [-0.25, -0.2) is 0 Å². The minimum absolute atomic E-state index is 0.473. The van der Waals surface area contributed by atoms with E-state index in [9.17, 15) is 0 Å². The molecule has 11 heavy (non-hydrogen) atoms. The number of benzene rings is 1. The second-order valence-electron chi connectivity index (χ2n) is 2.34. The predicted molar refractivity (Wildman–Crippen MR) is 51.6 cm³/mol. The van der Waals surface area contributed by atoms with Crippen LogP contribution in [0, 0.1) is 6.92 Å². The van der Waals surface area contributed by atoms with Crippen LogP contribution >= 0.6 is 15.9 Å². The summed E-state index contributed by atoms with van der Waals surface area (Å²) in [4.78, 5) is 0. The minimum atomic E-state index is 0.473. The summed E-state index contributed by atoms with van der Waals surface area (Å²) in [6.45, 7) is 2.52. The fraction of sp³-hybridized carbons (Fsp3) is 0.250. The highest BCUT2D eigenvalue weighted by molar-refractivity contribution is 9.10. The van der Waals surface area contributed by atoms with E-state index in [1.165, 1.54) is 5.56 Å². The highest BCUT2D eigenvalue weighted by Crippen LogP contribution is 2.19. The van der Waals surface area contributed by atoms with Gasteiger partial charge in [0, 0.05) is 10.2 Å². The van der Waals surface area contributed by atoms with Crippen molar-refractivity contribution in [3.05, 3.63) is 28.2 Å². The van der Waals surface area contributed by atoms with Gasteiger partial charge in [0.15, 0.2) is 0 Å². The Morgan fingerprint density at radius 1 is 1.55 bits per heavy atom. The number of hydrogen-bond acceptors (Lipinski definition) is 2. The van der Waals surface area contributed by atoms with Gasteiger partial charge in [0.25, 0.3) is 0 Å². The number of anilines is 1. The molecular formula is C8H11BrN2. The number of nitrogens with one attached hydrogen (secondary N) is 1. The van der Waals surface area contributed by atoms with Crippen LogP contribution in [-0.4, -0.2) is 6.67 Å². The summed E-state index contributed by atoms with van der Waals surface area (Å²) in [6.07, 6.45) is 0. The highest BCUT2D eigenvalue weighted by atomic mass is 79.9. The molecule has 3 heteroatoms. The van der Waals surface area contributed by atoms with Crippen LogP contribution in [0.4, 0.5) is 5.69 Å². The molecule has 0 saturated heterocycles. The molecule has 60 valence electrons. The summed E-state index contributed by atoms with van der Waals surface area (Å²) in [5.74, 6) is 0. The van der Waals surface area contributed by atoms with E-state index in [0.29, 0.717) is 6.67 Å². The van der Waals surface area contributed by atoms with E-state index in [4.69, 9.17) is 5.73 Å². The SMILES string of the molecule is Cc1cc(NCN)ccc1Br. The molecule has 0 unspecified atom stereocenters. The van der Waals surface area contributed by atoms with E-state index in [-0.39, 0.29) is 0 Å². The van der Waals surface area contributed by atoms with Crippen LogP contribution in [0.1, 0.15) is 5.56 Å². The molecule has 0 aliphatic carbocycles. The molecule has 0 atom stereocenters. The lowest BCUT2D eigenvalue weighted by Crippen LogP contribution is -2.10. The second-order valence-corrected chi connectivity index (χ2v) is 3.20. The van der Waals surface area contributed by atoms with Crippen molar-refractivity contribution in [3.8, 4) is 0 Å². The largest absolute Gasteiger partial charge is 0.373 e. The zero-order valence-electron chi connectivity index (χ0n) is 6.39. The molecule has 0 aliphatic rings. The summed E-state index contributed by atoms with van der Waals surface area (Å²) in [5, 5.41) is 3.03. The highest BCUT2D eigenvalue weighted by Gasteiger charge is 1.94. The fourth-order valence-corrected chi connectivity index (χ4v) is 1.12. The first-order valence-corrected chi connectivity index (χ1v) is 4.23. The molecule has 0 spiro atoms. The zero-order valence-corrected chi connectivity index (χ0v) is 7.98. The Labute approximate surface area is 74.9 Å². The molecule has 0 amide bonds. The normalized spacial score (nSPS) is 9.73. The van der Waals surface area contributed by atoms with E-state index in [1.807, 2.05) is 19.1 Å². The summed E-state index contributed by atoms with van der Waals surface area (Å²) < 4.78 is 1.13. The number of hydrogen-bond donors (Lipinski definition) is 2. The predicted octanol–water partition coefficient (Wildman–Crippen LogP) is 2.09. The molecule has 0 heterocycles. The van der Waals surface area contributed by atoms with Crippen molar-refractivity contribution in [2.75, 3.05) is 12.0 Å². The van der Waals surface area contributed by atoms with E-state index in [0.717, 1.165) is 10.2 Å². The van der Waals surface area contributed by atoms with Crippen molar-refractivity contribution in [2.24, 2.45) is 5.73 Å². The van der Waals surface area contributed by atoms with Gasteiger partial charge in [0.2, 0.25) is 0 Å². The van der Waals surface area contributed by atoms with E-state index in [1.54, 1.807) is 0 Å².